The smallest absolute Gasteiger partial charge is 0.408 e. The summed E-state index contributed by atoms with van der Waals surface area (Å²) in [6, 6.07) is 28.4. The highest BCUT2D eigenvalue weighted by atomic mass is 32.1. The van der Waals surface area contributed by atoms with Crippen LogP contribution >= 0.6 is 20.2 Å². The Morgan fingerprint density at radius 3 is 1.72 bits per heavy atom. The number of carbonyl (C=O) groups is 1. The molecule has 3 aromatic carbocycles. The number of nitrogens with one attached hydrogen (secondary N) is 1. The summed E-state index contributed by atoms with van der Waals surface area (Å²) in [6.45, 7) is 0.522. The van der Waals surface area contributed by atoms with Crippen molar-refractivity contribution in [2.75, 3.05) is 6.16 Å². The van der Waals surface area contributed by atoms with Gasteiger partial charge in [0.05, 0.1) is 25.5 Å². The fourth-order valence-electron chi connectivity index (χ4n) is 3.33. The molecule has 2 unspecified atom stereocenters. The lowest BCUT2D eigenvalue weighted by Gasteiger charge is -2.22. The van der Waals surface area contributed by atoms with Crippen molar-refractivity contribution in [3.05, 3.63) is 108 Å². The fraction of sp³-hybridized carbons (Fsp3) is 0.296. The van der Waals surface area contributed by atoms with Crippen molar-refractivity contribution in [1.29, 1.82) is 0 Å². The number of carbonyl (C=O) groups excluding carboxylic acids is 1. The first-order valence-electron chi connectivity index (χ1n) is 11.8. The third-order valence-electron chi connectivity index (χ3n) is 5.39. The molecule has 0 fully saturated rings. The van der Waals surface area contributed by atoms with E-state index in [2.05, 4.69) is 17.9 Å². The minimum Gasteiger partial charge on any atom is -0.445 e. The van der Waals surface area contributed by atoms with Gasteiger partial charge in [0, 0.05) is 5.25 Å². The van der Waals surface area contributed by atoms with Crippen LogP contribution in [0, 0.1) is 0 Å². The van der Waals surface area contributed by atoms with Crippen molar-refractivity contribution in [3.63, 3.8) is 0 Å². The van der Waals surface area contributed by atoms with Crippen LogP contribution in [0.1, 0.15) is 29.5 Å². The summed E-state index contributed by atoms with van der Waals surface area (Å²) in [5, 5.41) is 2.23. The number of hydrogen-bond acceptors (Lipinski definition) is 7. The van der Waals surface area contributed by atoms with Crippen LogP contribution in [-0.4, -0.2) is 23.7 Å². The Kier molecular flexibility index (Phi) is 11.5. The zero-order valence-electron chi connectivity index (χ0n) is 20.1. The van der Waals surface area contributed by atoms with Gasteiger partial charge in [-0.3, -0.25) is 4.57 Å². The molecule has 0 bridgehead atoms. The normalized spacial score (nSPS) is 13.1. The van der Waals surface area contributed by atoms with E-state index in [1.807, 2.05) is 91.0 Å². The largest absolute Gasteiger partial charge is 0.445 e. The number of hydrogen-bond donors (Lipinski definition) is 3. The molecule has 0 aromatic heterocycles. The van der Waals surface area contributed by atoms with Gasteiger partial charge in [0.2, 0.25) is 0 Å². The third-order valence-corrected chi connectivity index (χ3v) is 7.87. The van der Waals surface area contributed by atoms with Gasteiger partial charge in [0.15, 0.2) is 0 Å². The maximum absolute atomic E-state index is 13.5. The van der Waals surface area contributed by atoms with Gasteiger partial charge in [-0.05, 0) is 29.5 Å². The van der Waals surface area contributed by atoms with E-state index in [4.69, 9.17) is 19.5 Å². The van der Waals surface area contributed by atoms with Crippen LogP contribution in [0.3, 0.4) is 0 Å². The molecule has 36 heavy (non-hydrogen) atoms. The molecule has 3 aromatic rings. The van der Waals surface area contributed by atoms with E-state index in [0.29, 0.717) is 12.8 Å². The van der Waals surface area contributed by atoms with Gasteiger partial charge in [0.25, 0.3) is 0 Å². The van der Waals surface area contributed by atoms with Crippen LogP contribution in [0.4, 0.5) is 4.79 Å². The van der Waals surface area contributed by atoms with Gasteiger partial charge in [-0.1, -0.05) is 91.0 Å². The molecule has 0 spiro atoms. The van der Waals surface area contributed by atoms with Crippen LogP contribution in [0.15, 0.2) is 91.0 Å². The topological polar surface area (TPSA) is 99.9 Å². The van der Waals surface area contributed by atoms with Crippen LogP contribution in [-0.2, 0) is 38.2 Å². The fourth-order valence-corrected chi connectivity index (χ4v) is 5.18. The molecule has 0 saturated heterocycles. The first kappa shape index (κ1) is 28.0. The second-order valence-corrected chi connectivity index (χ2v) is 11.1. The first-order valence-corrected chi connectivity index (χ1v) is 14.0. The number of ether oxygens (including phenoxy) is 1. The average Bonchev–Trinajstić information content (AvgIpc) is 2.91. The average molecular weight is 529 g/mol. The van der Waals surface area contributed by atoms with Gasteiger partial charge < -0.3 is 24.8 Å². The summed E-state index contributed by atoms with van der Waals surface area (Å²) in [5.74, 6) is 0. The number of benzene rings is 3. The zero-order valence-corrected chi connectivity index (χ0v) is 21.9. The van der Waals surface area contributed by atoms with Crippen LogP contribution in [0.5, 0.6) is 0 Å². The Morgan fingerprint density at radius 2 is 1.25 bits per heavy atom. The monoisotopic (exact) mass is 528 g/mol. The lowest BCUT2D eigenvalue weighted by molar-refractivity contribution is 0.135. The summed E-state index contributed by atoms with van der Waals surface area (Å²) in [6.07, 6.45) is -0.158. The van der Waals surface area contributed by atoms with Crippen molar-refractivity contribution in [2.24, 2.45) is 5.73 Å². The predicted octanol–water partition coefficient (Wildman–Crippen LogP) is 5.90. The highest BCUT2D eigenvalue weighted by Gasteiger charge is 2.26. The molecular formula is C27H33N2O5PS. The molecule has 0 aliphatic carbocycles. The molecule has 0 heterocycles. The van der Waals surface area contributed by atoms with E-state index in [1.54, 1.807) is 0 Å². The standard InChI is InChI=1S/C27H33N2O5PS/c28-26(29-27(30)32-19-22-11-4-1-5-12-22)25(36)17-10-18-35(31,33-20-23-13-6-2-7-14-23)34-21-24-15-8-3-9-16-24/h1-9,11-16,25-26,36H,10,17-21,28H2,(H,29,30). The summed E-state index contributed by atoms with van der Waals surface area (Å²) in [4.78, 5) is 12.1. The Morgan fingerprint density at radius 1 is 0.806 bits per heavy atom. The molecule has 0 aliphatic heterocycles. The van der Waals surface area contributed by atoms with Gasteiger partial charge >= 0.3 is 13.7 Å². The highest BCUT2D eigenvalue weighted by Crippen LogP contribution is 2.50. The molecule has 7 nitrogen and oxygen atoms in total. The lowest BCUT2D eigenvalue weighted by Crippen LogP contribution is -2.47. The second kappa shape index (κ2) is 14.8. The summed E-state index contributed by atoms with van der Waals surface area (Å²) >= 11 is 4.52. The van der Waals surface area contributed by atoms with E-state index in [0.717, 1.165) is 16.7 Å². The quantitative estimate of drug-likeness (QED) is 0.137. The summed E-state index contributed by atoms with van der Waals surface area (Å²) in [5.41, 5.74) is 8.79. The summed E-state index contributed by atoms with van der Waals surface area (Å²) < 4.78 is 30.3. The van der Waals surface area contributed by atoms with Crippen molar-refractivity contribution >= 4 is 26.3 Å². The number of alkyl carbamates (subject to hydrolysis) is 1. The molecule has 192 valence electrons. The molecule has 1 amide bonds. The Hall–Kier alpha value is -2.61. The Labute approximate surface area is 218 Å². The van der Waals surface area contributed by atoms with E-state index < -0.39 is 19.9 Å². The van der Waals surface area contributed by atoms with Crippen LogP contribution in [0.25, 0.3) is 0 Å². The Bertz CT molecular complexity index is 1040. The van der Waals surface area contributed by atoms with Crippen LogP contribution < -0.4 is 11.1 Å². The second-order valence-electron chi connectivity index (χ2n) is 8.29. The van der Waals surface area contributed by atoms with Crippen molar-refractivity contribution in [1.82, 2.24) is 5.32 Å². The van der Waals surface area contributed by atoms with Crippen molar-refractivity contribution in [2.45, 2.75) is 44.1 Å². The molecule has 0 aliphatic rings. The first-order chi connectivity index (χ1) is 17.4. The number of amides is 1. The predicted molar refractivity (Wildman–Crippen MR) is 145 cm³/mol. The van der Waals surface area contributed by atoms with Gasteiger partial charge in [-0.2, -0.15) is 12.6 Å². The number of rotatable bonds is 14. The minimum absolute atomic E-state index is 0.150. The van der Waals surface area contributed by atoms with E-state index in [9.17, 15) is 9.36 Å². The molecule has 9 heteroatoms. The SMILES string of the molecule is NC(NC(=O)OCc1ccccc1)C(S)CCCP(=O)(OCc1ccccc1)OCc1ccccc1. The molecule has 3 N–H and O–H groups in total. The maximum Gasteiger partial charge on any atom is 0.408 e. The van der Waals surface area contributed by atoms with E-state index in [-0.39, 0.29) is 31.2 Å². The van der Waals surface area contributed by atoms with E-state index >= 15 is 0 Å². The molecule has 3 rings (SSSR count). The lowest BCUT2D eigenvalue weighted by atomic mass is 10.2. The number of nitrogens with two attached hydrogens (primary N) is 1. The molecule has 0 saturated carbocycles. The number of thiol groups is 1. The zero-order chi connectivity index (χ0) is 25.6. The maximum atomic E-state index is 13.5. The van der Waals surface area contributed by atoms with E-state index in [1.165, 1.54) is 0 Å². The van der Waals surface area contributed by atoms with Gasteiger partial charge in [0.1, 0.15) is 6.61 Å². The molecule has 2 atom stereocenters. The molecular weight excluding hydrogens is 495 g/mol. The van der Waals surface area contributed by atoms with Crippen molar-refractivity contribution in [3.8, 4) is 0 Å². The Balaban J connectivity index is 1.47. The van der Waals surface area contributed by atoms with Crippen LogP contribution in [0.2, 0.25) is 0 Å². The minimum atomic E-state index is -3.40. The summed E-state index contributed by atoms with van der Waals surface area (Å²) in [7, 11) is -3.40. The van der Waals surface area contributed by atoms with Gasteiger partial charge in [-0.25, -0.2) is 4.79 Å². The van der Waals surface area contributed by atoms with Gasteiger partial charge in [-0.15, -0.1) is 0 Å². The molecule has 0 radical (unpaired) electrons. The van der Waals surface area contributed by atoms with Crippen molar-refractivity contribution < 1.29 is 23.1 Å². The third kappa shape index (κ3) is 10.2. The highest BCUT2D eigenvalue weighted by molar-refractivity contribution is 7.81.